The fourth-order valence-corrected chi connectivity index (χ4v) is 5.55. The van der Waals surface area contributed by atoms with E-state index in [1.54, 1.807) is 23.1 Å². The number of halogens is 1. The third kappa shape index (κ3) is 4.33. The van der Waals surface area contributed by atoms with Crippen LogP contribution in [0.15, 0.2) is 46.7 Å². The molecular weight excluding hydrogens is 384 g/mol. The van der Waals surface area contributed by atoms with E-state index in [2.05, 4.69) is 0 Å². The van der Waals surface area contributed by atoms with Crippen molar-refractivity contribution < 1.29 is 17.9 Å². The average molecular weight is 401 g/mol. The summed E-state index contributed by atoms with van der Waals surface area (Å²) in [6, 6.07) is 12.2. The van der Waals surface area contributed by atoms with Gasteiger partial charge in [0.25, 0.3) is 15.9 Å². The van der Waals surface area contributed by atoms with Crippen molar-refractivity contribution in [1.82, 2.24) is 9.21 Å². The minimum Gasteiger partial charge on any atom is -0.484 e. The van der Waals surface area contributed by atoms with Crippen LogP contribution >= 0.6 is 22.9 Å². The Labute approximate surface area is 155 Å². The van der Waals surface area contributed by atoms with Gasteiger partial charge in [0, 0.05) is 26.2 Å². The van der Waals surface area contributed by atoms with Crippen molar-refractivity contribution >= 4 is 38.9 Å². The maximum Gasteiger partial charge on any atom is 0.260 e. The van der Waals surface area contributed by atoms with Crippen LogP contribution in [0.2, 0.25) is 4.34 Å². The first-order valence-electron chi connectivity index (χ1n) is 7.68. The molecule has 1 aliphatic heterocycles. The molecule has 1 saturated heterocycles. The van der Waals surface area contributed by atoms with Crippen molar-refractivity contribution in [3.8, 4) is 5.75 Å². The average Bonchev–Trinajstić information content (AvgIpc) is 3.08. The lowest BCUT2D eigenvalue weighted by Crippen LogP contribution is -2.51. The lowest BCUT2D eigenvalue weighted by molar-refractivity contribution is -0.134. The van der Waals surface area contributed by atoms with Gasteiger partial charge in [-0.2, -0.15) is 4.31 Å². The molecule has 1 fully saturated rings. The fourth-order valence-electron chi connectivity index (χ4n) is 2.49. The standard InChI is InChI=1S/C16H17ClN2O4S2/c17-14-6-7-16(24-14)25(21,22)19-10-8-18(9-11-19)15(20)12-23-13-4-2-1-3-5-13/h1-7H,8-12H2. The predicted molar refractivity (Wildman–Crippen MR) is 96.6 cm³/mol. The number of nitrogens with zero attached hydrogens (tertiary/aromatic N) is 2. The maximum absolute atomic E-state index is 12.5. The molecule has 0 saturated carbocycles. The second-order valence-corrected chi connectivity index (χ2v) is 9.33. The quantitative estimate of drug-likeness (QED) is 0.772. The Morgan fingerprint density at radius 2 is 1.76 bits per heavy atom. The summed E-state index contributed by atoms with van der Waals surface area (Å²) >= 11 is 6.86. The van der Waals surface area contributed by atoms with Gasteiger partial charge in [-0.05, 0) is 24.3 Å². The highest BCUT2D eigenvalue weighted by Gasteiger charge is 2.31. The second-order valence-electron chi connectivity index (χ2n) is 5.45. The largest absolute Gasteiger partial charge is 0.484 e. The van der Waals surface area contributed by atoms with Gasteiger partial charge >= 0.3 is 0 Å². The minimum absolute atomic E-state index is 0.0582. The molecule has 0 unspecified atom stereocenters. The Bertz CT molecular complexity index is 831. The molecule has 3 rings (SSSR count). The zero-order valence-electron chi connectivity index (χ0n) is 13.3. The monoisotopic (exact) mass is 400 g/mol. The molecule has 0 aliphatic carbocycles. The van der Waals surface area contributed by atoms with Gasteiger partial charge in [0.2, 0.25) is 0 Å². The SMILES string of the molecule is O=C(COc1ccccc1)N1CCN(S(=O)(=O)c2ccc(Cl)s2)CC1. The highest BCUT2D eigenvalue weighted by Crippen LogP contribution is 2.28. The number of hydrogen-bond acceptors (Lipinski definition) is 5. The Hall–Kier alpha value is -1.61. The zero-order valence-corrected chi connectivity index (χ0v) is 15.7. The number of carbonyl (C=O) groups excluding carboxylic acids is 1. The maximum atomic E-state index is 12.5. The molecule has 2 aromatic rings. The van der Waals surface area contributed by atoms with Crippen LogP contribution in [0.3, 0.4) is 0 Å². The summed E-state index contributed by atoms with van der Waals surface area (Å²) in [4.78, 5) is 13.8. The van der Waals surface area contributed by atoms with E-state index in [9.17, 15) is 13.2 Å². The smallest absolute Gasteiger partial charge is 0.260 e. The molecule has 25 heavy (non-hydrogen) atoms. The number of thiophene rings is 1. The van der Waals surface area contributed by atoms with Crippen LogP contribution in [-0.4, -0.2) is 56.3 Å². The zero-order chi connectivity index (χ0) is 17.9. The van der Waals surface area contributed by atoms with E-state index in [0.717, 1.165) is 11.3 Å². The summed E-state index contributed by atoms with van der Waals surface area (Å²) in [5.74, 6) is 0.478. The van der Waals surface area contributed by atoms with Crippen molar-refractivity contribution in [2.75, 3.05) is 32.8 Å². The van der Waals surface area contributed by atoms with Crippen molar-refractivity contribution in [1.29, 1.82) is 0 Å². The molecule has 1 amide bonds. The first-order valence-corrected chi connectivity index (χ1v) is 10.3. The molecule has 9 heteroatoms. The molecule has 0 spiro atoms. The Morgan fingerprint density at radius 1 is 1.08 bits per heavy atom. The number of para-hydroxylation sites is 1. The molecule has 0 N–H and O–H groups in total. The van der Waals surface area contributed by atoms with Gasteiger partial charge < -0.3 is 9.64 Å². The Kier molecular flexibility index (Phi) is 5.63. The normalized spacial score (nSPS) is 16.0. The molecule has 0 atom stereocenters. The van der Waals surface area contributed by atoms with E-state index in [1.165, 1.54) is 10.4 Å². The van der Waals surface area contributed by atoms with Crippen molar-refractivity contribution in [2.24, 2.45) is 0 Å². The minimum atomic E-state index is -3.55. The van der Waals surface area contributed by atoms with Crippen LogP contribution in [0.4, 0.5) is 0 Å². The molecule has 0 bridgehead atoms. The van der Waals surface area contributed by atoms with E-state index < -0.39 is 10.0 Å². The Morgan fingerprint density at radius 3 is 2.36 bits per heavy atom. The summed E-state index contributed by atoms with van der Waals surface area (Å²) in [5, 5.41) is 0. The first-order chi connectivity index (χ1) is 12.0. The number of benzene rings is 1. The van der Waals surface area contributed by atoms with Crippen LogP contribution < -0.4 is 4.74 Å². The second kappa shape index (κ2) is 7.74. The molecule has 134 valence electrons. The highest BCUT2D eigenvalue weighted by molar-refractivity contribution is 7.91. The lowest BCUT2D eigenvalue weighted by atomic mass is 10.3. The lowest BCUT2D eigenvalue weighted by Gasteiger charge is -2.33. The summed E-state index contributed by atoms with van der Waals surface area (Å²) in [6.45, 7) is 1.14. The van der Waals surface area contributed by atoms with E-state index in [0.29, 0.717) is 23.2 Å². The Balaban J connectivity index is 1.54. The summed E-state index contributed by atoms with van der Waals surface area (Å²) < 4.78 is 32.6. The number of amides is 1. The van der Waals surface area contributed by atoms with E-state index in [-0.39, 0.29) is 29.8 Å². The van der Waals surface area contributed by atoms with Gasteiger partial charge in [0.05, 0.1) is 4.34 Å². The number of sulfonamides is 1. The topological polar surface area (TPSA) is 66.9 Å². The predicted octanol–water partition coefficient (Wildman–Crippen LogP) is 2.31. The van der Waals surface area contributed by atoms with Gasteiger partial charge in [-0.15, -0.1) is 11.3 Å². The number of rotatable bonds is 5. The molecule has 1 aliphatic rings. The van der Waals surface area contributed by atoms with Crippen LogP contribution in [0.1, 0.15) is 0 Å². The van der Waals surface area contributed by atoms with Gasteiger partial charge in [-0.1, -0.05) is 29.8 Å². The van der Waals surface area contributed by atoms with E-state index >= 15 is 0 Å². The molecule has 6 nitrogen and oxygen atoms in total. The summed E-state index contributed by atoms with van der Waals surface area (Å²) in [7, 11) is -3.55. The summed E-state index contributed by atoms with van der Waals surface area (Å²) in [5.41, 5.74) is 0. The third-order valence-electron chi connectivity index (χ3n) is 3.84. The van der Waals surface area contributed by atoms with E-state index in [1.807, 2.05) is 18.2 Å². The fraction of sp³-hybridized carbons (Fsp3) is 0.312. The van der Waals surface area contributed by atoms with Gasteiger partial charge in [0.15, 0.2) is 6.61 Å². The van der Waals surface area contributed by atoms with Crippen LogP contribution in [0, 0.1) is 0 Å². The molecule has 2 heterocycles. The van der Waals surface area contributed by atoms with Crippen LogP contribution in [-0.2, 0) is 14.8 Å². The van der Waals surface area contributed by atoms with Crippen molar-refractivity contribution in [3.63, 3.8) is 0 Å². The third-order valence-corrected chi connectivity index (χ3v) is 7.44. The number of hydrogen-bond donors (Lipinski definition) is 0. The molecule has 0 radical (unpaired) electrons. The molecule has 1 aromatic heterocycles. The number of carbonyl (C=O) groups is 1. The highest BCUT2D eigenvalue weighted by atomic mass is 35.5. The molecular formula is C16H17ClN2O4S2. The first kappa shape index (κ1) is 18.2. The molecule has 1 aromatic carbocycles. The summed E-state index contributed by atoms with van der Waals surface area (Å²) in [6.07, 6.45) is 0. The number of ether oxygens (including phenoxy) is 1. The van der Waals surface area contributed by atoms with Crippen molar-refractivity contribution in [3.05, 3.63) is 46.8 Å². The van der Waals surface area contributed by atoms with Crippen molar-refractivity contribution in [2.45, 2.75) is 4.21 Å². The van der Waals surface area contributed by atoms with Gasteiger partial charge in [-0.25, -0.2) is 8.42 Å². The van der Waals surface area contributed by atoms with Gasteiger partial charge in [-0.3, -0.25) is 4.79 Å². The van der Waals surface area contributed by atoms with Crippen LogP contribution in [0.5, 0.6) is 5.75 Å². The van der Waals surface area contributed by atoms with Crippen LogP contribution in [0.25, 0.3) is 0 Å². The number of piperazine rings is 1. The van der Waals surface area contributed by atoms with E-state index in [4.69, 9.17) is 16.3 Å². The van der Waals surface area contributed by atoms with Gasteiger partial charge in [0.1, 0.15) is 9.96 Å².